The predicted molar refractivity (Wildman–Crippen MR) is 160 cm³/mol. The number of amides is 2. The van der Waals surface area contributed by atoms with Crippen LogP contribution in [-0.2, 0) is 40.9 Å². The van der Waals surface area contributed by atoms with Crippen LogP contribution >= 0.6 is 11.8 Å². The molecule has 0 aliphatic carbocycles. The molecule has 1 heterocycles. The average Bonchev–Trinajstić information content (AvgIpc) is 3.36. The van der Waals surface area contributed by atoms with Gasteiger partial charge in [-0.3, -0.25) is 14.4 Å². The van der Waals surface area contributed by atoms with E-state index in [1.807, 2.05) is 30.3 Å². The lowest BCUT2D eigenvalue weighted by molar-refractivity contribution is -0.143. The molecule has 3 rings (SSSR count). The minimum atomic E-state index is -1.39. The maximum atomic E-state index is 13.2. The van der Waals surface area contributed by atoms with E-state index in [1.54, 1.807) is 39.0 Å². The number of hydrogen-bond donors (Lipinski definition) is 3. The summed E-state index contributed by atoms with van der Waals surface area (Å²) >= 11 is 1.29. The Morgan fingerprint density at radius 1 is 1.14 bits per heavy atom. The van der Waals surface area contributed by atoms with Crippen LogP contribution in [0.1, 0.15) is 38.3 Å². The summed E-state index contributed by atoms with van der Waals surface area (Å²) in [7, 11) is 0. The average molecular weight is 613 g/mol. The fourth-order valence-electron chi connectivity index (χ4n) is 4.18. The Morgan fingerprint density at radius 3 is 2.51 bits per heavy atom. The van der Waals surface area contributed by atoms with E-state index in [0.29, 0.717) is 41.9 Å². The highest BCUT2D eigenvalue weighted by atomic mass is 32.2. The number of thioether (sulfide) groups is 1. The van der Waals surface area contributed by atoms with Crippen LogP contribution in [0.5, 0.6) is 11.5 Å². The SMILES string of the molecule is CCOc1ccc(OC2CCOC2=O)cc1CC(=O)N[C@H](C(=O)N/C(=C/C(=O)O)C(=O)CSCc1ccccc1)C(C)C. The number of allylic oxidation sites excluding steroid dienone is 1. The summed E-state index contributed by atoms with van der Waals surface area (Å²) in [4.78, 5) is 62.4. The second kappa shape index (κ2) is 16.4. The minimum absolute atomic E-state index is 0.0514. The summed E-state index contributed by atoms with van der Waals surface area (Å²) in [5.74, 6) is -2.75. The van der Waals surface area contributed by atoms with Crippen molar-refractivity contribution in [2.24, 2.45) is 5.92 Å². The van der Waals surface area contributed by atoms with Gasteiger partial charge in [-0.25, -0.2) is 9.59 Å². The highest BCUT2D eigenvalue weighted by molar-refractivity contribution is 7.99. The van der Waals surface area contributed by atoms with Crippen molar-refractivity contribution in [3.05, 3.63) is 71.4 Å². The molecule has 2 amide bonds. The number of ether oxygens (including phenoxy) is 3. The maximum absolute atomic E-state index is 13.2. The molecule has 2 aromatic rings. The molecular formula is C31H36N2O9S. The van der Waals surface area contributed by atoms with Crippen LogP contribution in [0.3, 0.4) is 0 Å². The van der Waals surface area contributed by atoms with Crippen LogP contribution in [-0.4, -0.2) is 65.8 Å². The summed E-state index contributed by atoms with van der Waals surface area (Å²) in [6.45, 7) is 5.84. The lowest BCUT2D eigenvalue weighted by Gasteiger charge is -2.23. The molecular weight excluding hydrogens is 576 g/mol. The molecule has 0 bridgehead atoms. The molecule has 0 radical (unpaired) electrons. The lowest BCUT2D eigenvalue weighted by Crippen LogP contribution is -2.50. The highest BCUT2D eigenvalue weighted by Crippen LogP contribution is 2.27. The number of carbonyl (C=O) groups excluding carboxylic acids is 4. The number of carbonyl (C=O) groups is 5. The van der Waals surface area contributed by atoms with Gasteiger partial charge in [0.15, 0.2) is 11.9 Å². The molecule has 1 unspecified atom stereocenters. The molecule has 2 atom stereocenters. The molecule has 1 aliphatic heterocycles. The smallest absolute Gasteiger partial charge is 0.347 e. The van der Waals surface area contributed by atoms with Gasteiger partial charge in [0.1, 0.15) is 17.5 Å². The molecule has 11 nitrogen and oxygen atoms in total. The normalized spacial score (nSPS) is 15.4. The number of carboxylic acid groups (broad SMARTS) is 1. The molecule has 3 N–H and O–H groups in total. The van der Waals surface area contributed by atoms with Gasteiger partial charge in [0.05, 0.1) is 37.2 Å². The molecule has 0 spiro atoms. The Bertz CT molecular complexity index is 1340. The number of Topliss-reactive ketones (excluding diaryl/α,β-unsaturated/α-hetero) is 1. The number of esters is 1. The third-order valence-corrected chi connectivity index (χ3v) is 7.29. The second-order valence-electron chi connectivity index (χ2n) is 10.0. The topological polar surface area (TPSA) is 157 Å². The largest absolute Gasteiger partial charge is 0.494 e. The van der Waals surface area contributed by atoms with Crippen LogP contribution in [0.2, 0.25) is 0 Å². The summed E-state index contributed by atoms with van der Waals surface area (Å²) in [6, 6.07) is 13.3. The van der Waals surface area contributed by atoms with Gasteiger partial charge < -0.3 is 30.0 Å². The van der Waals surface area contributed by atoms with Crippen molar-refractivity contribution in [3.63, 3.8) is 0 Å². The van der Waals surface area contributed by atoms with Crippen LogP contribution in [0.15, 0.2) is 60.3 Å². The Kier molecular flexibility index (Phi) is 12.6. The first kappa shape index (κ1) is 33.2. The van der Waals surface area contributed by atoms with Crippen molar-refractivity contribution in [1.29, 1.82) is 0 Å². The maximum Gasteiger partial charge on any atom is 0.347 e. The number of carboxylic acids is 1. The van der Waals surface area contributed by atoms with E-state index in [2.05, 4.69) is 10.6 Å². The standard InChI is InChI=1S/C31H36N2O9S/c1-4-40-25-11-10-22(42-26-12-13-41-31(26)39)14-21(25)15-27(35)33-29(19(2)3)30(38)32-23(16-28(36)37)24(34)18-43-17-20-8-6-5-7-9-20/h5-11,14,16,19,26,29H,4,12-13,15,17-18H2,1-3H3,(H,32,38)(H,33,35)(H,36,37)/b23-16+/t26?,29-/m0/s1. The summed E-state index contributed by atoms with van der Waals surface area (Å²) in [5, 5.41) is 14.4. The number of cyclic esters (lactones) is 1. The number of ketones is 1. The quantitative estimate of drug-likeness (QED) is 0.190. The van der Waals surface area contributed by atoms with Gasteiger partial charge in [0.25, 0.3) is 0 Å². The van der Waals surface area contributed by atoms with E-state index in [0.717, 1.165) is 5.56 Å². The van der Waals surface area contributed by atoms with E-state index in [9.17, 15) is 29.1 Å². The van der Waals surface area contributed by atoms with Crippen LogP contribution < -0.4 is 20.1 Å². The zero-order chi connectivity index (χ0) is 31.4. The molecule has 43 heavy (non-hydrogen) atoms. The van der Waals surface area contributed by atoms with Gasteiger partial charge in [-0.1, -0.05) is 44.2 Å². The lowest BCUT2D eigenvalue weighted by atomic mass is 10.0. The van der Waals surface area contributed by atoms with Crippen molar-refractivity contribution in [2.45, 2.75) is 51.5 Å². The number of nitrogens with one attached hydrogen (secondary N) is 2. The van der Waals surface area contributed by atoms with Crippen molar-refractivity contribution in [1.82, 2.24) is 10.6 Å². The molecule has 1 saturated heterocycles. The Labute approximate surface area is 254 Å². The summed E-state index contributed by atoms with van der Waals surface area (Å²) in [5.41, 5.74) is 1.11. The monoisotopic (exact) mass is 612 g/mol. The molecule has 2 aromatic carbocycles. The fraction of sp³-hybridized carbons (Fsp3) is 0.387. The molecule has 230 valence electrons. The fourth-order valence-corrected chi connectivity index (χ4v) is 5.05. The molecule has 0 aromatic heterocycles. The van der Waals surface area contributed by atoms with Crippen LogP contribution in [0.25, 0.3) is 0 Å². The van der Waals surface area contributed by atoms with Crippen molar-refractivity contribution in [3.8, 4) is 11.5 Å². The van der Waals surface area contributed by atoms with Crippen molar-refractivity contribution < 1.29 is 43.3 Å². The van der Waals surface area contributed by atoms with E-state index in [-0.39, 0.29) is 24.5 Å². The highest BCUT2D eigenvalue weighted by Gasteiger charge is 2.29. The molecule has 12 heteroatoms. The van der Waals surface area contributed by atoms with E-state index >= 15 is 0 Å². The first-order valence-corrected chi connectivity index (χ1v) is 15.0. The molecule has 1 fully saturated rings. The summed E-state index contributed by atoms with van der Waals surface area (Å²) in [6.07, 6.45) is 0.161. The van der Waals surface area contributed by atoms with E-state index < -0.39 is 47.6 Å². The molecule has 1 aliphatic rings. The number of aliphatic carboxylic acids is 1. The third-order valence-electron chi connectivity index (χ3n) is 6.28. The van der Waals surface area contributed by atoms with Crippen LogP contribution in [0.4, 0.5) is 0 Å². The van der Waals surface area contributed by atoms with Gasteiger partial charge >= 0.3 is 11.9 Å². The van der Waals surface area contributed by atoms with Gasteiger partial charge in [-0.15, -0.1) is 11.8 Å². The second-order valence-corrected chi connectivity index (χ2v) is 11.0. The Morgan fingerprint density at radius 2 is 1.88 bits per heavy atom. The van der Waals surface area contributed by atoms with Crippen molar-refractivity contribution >= 4 is 41.3 Å². The van der Waals surface area contributed by atoms with Gasteiger partial charge in [-0.2, -0.15) is 0 Å². The van der Waals surface area contributed by atoms with E-state index in [4.69, 9.17) is 14.2 Å². The van der Waals surface area contributed by atoms with E-state index in [1.165, 1.54) is 11.8 Å². The predicted octanol–water partition coefficient (Wildman–Crippen LogP) is 3.05. The number of hydrogen-bond acceptors (Lipinski definition) is 9. The minimum Gasteiger partial charge on any atom is -0.494 e. The summed E-state index contributed by atoms with van der Waals surface area (Å²) < 4.78 is 16.3. The number of benzene rings is 2. The number of rotatable bonds is 16. The third kappa shape index (κ3) is 10.5. The van der Waals surface area contributed by atoms with Gasteiger partial charge in [0, 0.05) is 17.7 Å². The first-order valence-electron chi connectivity index (χ1n) is 13.9. The van der Waals surface area contributed by atoms with Crippen molar-refractivity contribution in [2.75, 3.05) is 19.0 Å². The van der Waals surface area contributed by atoms with Crippen LogP contribution in [0, 0.1) is 5.92 Å². The van der Waals surface area contributed by atoms with Gasteiger partial charge in [0.2, 0.25) is 11.8 Å². The Balaban J connectivity index is 1.67. The molecule has 0 saturated carbocycles. The first-order chi connectivity index (χ1) is 20.6. The Hall–Kier alpha value is -4.32. The zero-order valence-corrected chi connectivity index (χ0v) is 25.1. The van der Waals surface area contributed by atoms with Gasteiger partial charge in [-0.05, 0) is 36.6 Å². The zero-order valence-electron chi connectivity index (χ0n) is 24.3.